The van der Waals surface area contributed by atoms with Crippen LogP contribution in [0.3, 0.4) is 0 Å². The van der Waals surface area contributed by atoms with Crippen molar-refractivity contribution in [1.29, 1.82) is 0 Å². The summed E-state index contributed by atoms with van der Waals surface area (Å²) in [6.07, 6.45) is 2.81. The number of hydrogen-bond donors (Lipinski definition) is 1. The number of sulfonamides is 1. The summed E-state index contributed by atoms with van der Waals surface area (Å²) in [5.74, 6) is -1.12. The first kappa shape index (κ1) is 23.9. The van der Waals surface area contributed by atoms with Gasteiger partial charge in [0, 0.05) is 13.1 Å². The quantitative estimate of drug-likeness (QED) is 0.612. The van der Waals surface area contributed by atoms with Gasteiger partial charge >= 0.3 is 5.97 Å². The van der Waals surface area contributed by atoms with E-state index in [9.17, 15) is 18.0 Å². The van der Waals surface area contributed by atoms with Gasteiger partial charge in [-0.15, -0.1) is 0 Å². The van der Waals surface area contributed by atoms with E-state index >= 15 is 0 Å². The van der Waals surface area contributed by atoms with E-state index in [0.29, 0.717) is 18.7 Å². The smallest absolute Gasteiger partial charge is 0.338 e. The van der Waals surface area contributed by atoms with Gasteiger partial charge in [-0.1, -0.05) is 44.2 Å². The fourth-order valence-electron chi connectivity index (χ4n) is 4.06. The lowest BCUT2D eigenvalue weighted by atomic mass is 9.88. The first-order valence-corrected chi connectivity index (χ1v) is 12.4. The van der Waals surface area contributed by atoms with Gasteiger partial charge in [-0.05, 0) is 55.0 Å². The number of rotatable bonds is 8. The molecule has 0 saturated carbocycles. The van der Waals surface area contributed by atoms with Crippen LogP contribution in [-0.4, -0.2) is 44.3 Å². The van der Waals surface area contributed by atoms with E-state index in [1.54, 1.807) is 26.8 Å². The predicted molar refractivity (Wildman–Crippen MR) is 122 cm³/mol. The molecule has 0 aliphatic heterocycles. The summed E-state index contributed by atoms with van der Waals surface area (Å²) >= 11 is 0. The van der Waals surface area contributed by atoms with Gasteiger partial charge in [-0.2, -0.15) is 4.31 Å². The highest BCUT2D eigenvalue weighted by atomic mass is 32.2. The normalized spacial score (nSPS) is 15.8. The van der Waals surface area contributed by atoms with Crippen molar-refractivity contribution in [2.24, 2.45) is 0 Å². The molecule has 1 amide bonds. The highest BCUT2D eigenvalue weighted by Gasteiger charge is 2.26. The van der Waals surface area contributed by atoms with Gasteiger partial charge in [0.2, 0.25) is 10.0 Å². The first-order chi connectivity index (χ1) is 15.3. The molecule has 1 N–H and O–H groups in total. The maximum Gasteiger partial charge on any atom is 0.338 e. The van der Waals surface area contributed by atoms with E-state index < -0.39 is 22.6 Å². The molecule has 0 unspecified atom stereocenters. The van der Waals surface area contributed by atoms with Crippen LogP contribution in [0.5, 0.6) is 0 Å². The number of carbonyl (C=O) groups is 2. The van der Waals surface area contributed by atoms with E-state index in [2.05, 4.69) is 11.4 Å². The standard InChI is InChI=1S/C24H30N2O5S/c1-4-26(5-2)32(29,30)22-15-19(14-13-17(22)3)24(28)31-16-23(27)25-21-12-8-10-18-9-6-7-11-20(18)21/h6-7,9,11,13-15,21H,4-5,8,10,12,16H2,1-3H3,(H,25,27)/t21-/m0/s1. The third kappa shape index (κ3) is 5.19. The molecule has 0 fully saturated rings. The Kier molecular flexibility index (Phi) is 7.69. The van der Waals surface area contributed by atoms with Crippen molar-refractivity contribution < 1.29 is 22.7 Å². The number of ether oxygens (including phenoxy) is 1. The summed E-state index contributed by atoms with van der Waals surface area (Å²) in [6, 6.07) is 12.3. The molecule has 7 nitrogen and oxygen atoms in total. The zero-order chi connectivity index (χ0) is 23.3. The summed E-state index contributed by atoms with van der Waals surface area (Å²) in [7, 11) is -3.72. The lowest BCUT2D eigenvalue weighted by molar-refractivity contribution is -0.125. The van der Waals surface area contributed by atoms with Crippen LogP contribution in [0.2, 0.25) is 0 Å². The molecule has 8 heteroatoms. The number of amides is 1. The second-order valence-corrected chi connectivity index (χ2v) is 9.76. The van der Waals surface area contributed by atoms with Gasteiger partial charge in [-0.3, -0.25) is 4.79 Å². The molecule has 32 heavy (non-hydrogen) atoms. The minimum Gasteiger partial charge on any atom is -0.452 e. The summed E-state index contributed by atoms with van der Waals surface area (Å²) in [4.78, 5) is 25.0. The topological polar surface area (TPSA) is 92.8 Å². The van der Waals surface area contributed by atoms with Crippen molar-refractivity contribution in [2.45, 2.75) is 51.0 Å². The number of fused-ring (bicyclic) bond motifs is 1. The number of hydrogen-bond acceptors (Lipinski definition) is 5. The van der Waals surface area contributed by atoms with Crippen molar-refractivity contribution in [2.75, 3.05) is 19.7 Å². The van der Waals surface area contributed by atoms with Crippen LogP contribution < -0.4 is 5.32 Å². The molecule has 1 aliphatic rings. The fourth-order valence-corrected chi connectivity index (χ4v) is 5.77. The third-order valence-electron chi connectivity index (χ3n) is 5.79. The SMILES string of the molecule is CCN(CC)S(=O)(=O)c1cc(C(=O)OCC(=O)N[C@H]2CCCc3ccccc32)ccc1C. The average molecular weight is 459 g/mol. The Bertz CT molecular complexity index is 1090. The molecular formula is C24H30N2O5S. The second-order valence-electron chi connectivity index (χ2n) is 7.86. The highest BCUT2D eigenvalue weighted by Crippen LogP contribution is 2.29. The van der Waals surface area contributed by atoms with E-state index in [1.807, 2.05) is 18.2 Å². The number of nitrogens with one attached hydrogen (secondary N) is 1. The lowest BCUT2D eigenvalue weighted by Crippen LogP contribution is -2.34. The molecule has 2 aromatic carbocycles. The largest absolute Gasteiger partial charge is 0.452 e. The molecule has 0 heterocycles. The molecule has 172 valence electrons. The minimum absolute atomic E-state index is 0.0684. The van der Waals surface area contributed by atoms with E-state index in [4.69, 9.17) is 4.74 Å². The van der Waals surface area contributed by atoms with Gasteiger partial charge in [0.25, 0.3) is 5.91 Å². The molecule has 2 aromatic rings. The van der Waals surface area contributed by atoms with Gasteiger partial charge < -0.3 is 10.1 Å². The number of benzene rings is 2. The molecule has 0 aromatic heterocycles. The molecule has 0 radical (unpaired) electrons. The van der Waals surface area contributed by atoms with Crippen molar-refractivity contribution in [3.8, 4) is 0 Å². The van der Waals surface area contributed by atoms with Crippen molar-refractivity contribution >= 4 is 21.9 Å². The first-order valence-electron chi connectivity index (χ1n) is 10.9. The van der Waals surface area contributed by atoms with Gasteiger partial charge in [-0.25, -0.2) is 13.2 Å². The Balaban J connectivity index is 1.66. The molecule has 0 saturated heterocycles. The number of esters is 1. The zero-order valence-electron chi connectivity index (χ0n) is 18.8. The highest BCUT2D eigenvalue weighted by molar-refractivity contribution is 7.89. The molecule has 3 rings (SSSR count). The fraction of sp³-hybridized carbons (Fsp3) is 0.417. The molecular weight excluding hydrogens is 428 g/mol. The van der Waals surface area contributed by atoms with Crippen molar-refractivity contribution in [3.63, 3.8) is 0 Å². The van der Waals surface area contributed by atoms with Crippen LogP contribution in [0.15, 0.2) is 47.4 Å². The Morgan fingerprint density at radius 3 is 2.56 bits per heavy atom. The number of aryl methyl sites for hydroxylation is 2. The van der Waals surface area contributed by atoms with E-state index in [0.717, 1.165) is 24.8 Å². The molecule has 1 atom stereocenters. The second kappa shape index (κ2) is 10.3. The summed E-state index contributed by atoms with van der Waals surface area (Å²) in [6.45, 7) is 5.44. The Hall–Kier alpha value is -2.71. The third-order valence-corrected chi connectivity index (χ3v) is 7.98. The lowest BCUT2D eigenvalue weighted by Gasteiger charge is -2.26. The van der Waals surface area contributed by atoms with Gasteiger partial charge in [0.1, 0.15) is 0 Å². The Labute approximate surface area is 189 Å². The van der Waals surface area contributed by atoms with Crippen LogP contribution in [0.1, 0.15) is 59.8 Å². The van der Waals surface area contributed by atoms with Crippen molar-refractivity contribution in [1.82, 2.24) is 9.62 Å². The molecule has 0 bridgehead atoms. The van der Waals surface area contributed by atoms with E-state index in [-0.39, 0.29) is 22.4 Å². The van der Waals surface area contributed by atoms with Crippen LogP contribution >= 0.6 is 0 Å². The van der Waals surface area contributed by atoms with Crippen LogP contribution in [0, 0.1) is 6.92 Å². The van der Waals surface area contributed by atoms with E-state index in [1.165, 1.54) is 22.0 Å². The van der Waals surface area contributed by atoms with Crippen LogP contribution in [0.4, 0.5) is 0 Å². The number of carbonyl (C=O) groups excluding carboxylic acids is 2. The maximum atomic E-state index is 12.9. The van der Waals surface area contributed by atoms with Crippen LogP contribution in [0.25, 0.3) is 0 Å². The Morgan fingerprint density at radius 2 is 1.84 bits per heavy atom. The summed E-state index contributed by atoms with van der Waals surface area (Å²) in [5.41, 5.74) is 2.96. The molecule has 0 spiro atoms. The number of nitrogens with zero attached hydrogens (tertiary/aromatic N) is 1. The van der Waals surface area contributed by atoms with Crippen LogP contribution in [-0.2, 0) is 26.0 Å². The van der Waals surface area contributed by atoms with Crippen molar-refractivity contribution in [3.05, 3.63) is 64.7 Å². The zero-order valence-corrected chi connectivity index (χ0v) is 19.6. The maximum absolute atomic E-state index is 12.9. The minimum atomic E-state index is -3.72. The van der Waals surface area contributed by atoms with Gasteiger partial charge in [0.15, 0.2) is 6.61 Å². The monoisotopic (exact) mass is 458 g/mol. The Morgan fingerprint density at radius 1 is 1.12 bits per heavy atom. The summed E-state index contributed by atoms with van der Waals surface area (Å²) < 4.78 is 32.3. The van der Waals surface area contributed by atoms with Gasteiger partial charge in [0.05, 0.1) is 16.5 Å². The average Bonchev–Trinajstić information content (AvgIpc) is 2.78. The molecule has 1 aliphatic carbocycles. The predicted octanol–water partition coefficient (Wildman–Crippen LogP) is 3.38. The summed E-state index contributed by atoms with van der Waals surface area (Å²) in [5, 5.41) is 2.94.